The van der Waals surface area contributed by atoms with Gasteiger partial charge in [0, 0.05) is 5.69 Å². The van der Waals surface area contributed by atoms with Gasteiger partial charge in [0.2, 0.25) is 15.9 Å². The number of methoxy groups -OCH3 is 2. The van der Waals surface area contributed by atoms with E-state index in [0.29, 0.717) is 11.4 Å². The molecule has 0 spiro atoms. The summed E-state index contributed by atoms with van der Waals surface area (Å²) in [5.74, 6) is 0.377. The van der Waals surface area contributed by atoms with Gasteiger partial charge >= 0.3 is 0 Å². The highest BCUT2D eigenvalue weighted by atomic mass is 32.2. The predicted molar refractivity (Wildman–Crippen MR) is 124 cm³/mol. The van der Waals surface area contributed by atoms with E-state index in [0.717, 1.165) is 11.1 Å². The molecule has 2 N–H and O–H groups in total. The highest BCUT2D eigenvalue weighted by Crippen LogP contribution is 2.25. The number of amides is 1. The second-order valence-electron chi connectivity index (χ2n) is 7.24. The SMILES string of the molecule is COc1ccc(NC(=O)[C@H](Cc2ccccc2)NS(=O)(=O)c2cc(C)ccc2OC)cc1. The van der Waals surface area contributed by atoms with E-state index in [2.05, 4.69) is 10.0 Å². The lowest BCUT2D eigenvalue weighted by Gasteiger charge is -2.20. The van der Waals surface area contributed by atoms with Gasteiger partial charge in [0.1, 0.15) is 22.4 Å². The van der Waals surface area contributed by atoms with E-state index >= 15 is 0 Å². The summed E-state index contributed by atoms with van der Waals surface area (Å²) in [6, 6.07) is 19.8. The van der Waals surface area contributed by atoms with Crippen molar-refractivity contribution in [2.75, 3.05) is 19.5 Å². The minimum absolute atomic E-state index is 0.0182. The highest BCUT2D eigenvalue weighted by molar-refractivity contribution is 7.89. The van der Waals surface area contributed by atoms with E-state index < -0.39 is 22.0 Å². The Morgan fingerprint density at radius 1 is 0.938 bits per heavy atom. The van der Waals surface area contributed by atoms with Gasteiger partial charge in [-0.2, -0.15) is 4.72 Å². The zero-order valence-electron chi connectivity index (χ0n) is 18.2. The summed E-state index contributed by atoms with van der Waals surface area (Å²) in [7, 11) is -1.09. The molecule has 0 aliphatic heterocycles. The Bertz CT molecular complexity index is 1160. The summed E-state index contributed by atoms with van der Waals surface area (Å²) < 4.78 is 39.4. The third-order valence-corrected chi connectivity index (χ3v) is 6.36. The van der Waals surface area contributed by atoms with Crippen LogP contribution >= 0.6 is 0 Å². The molecule has 3 aromatic rings. The molecule has 168 valence electrons. The number of sulfonamides is 1. The van der Waals surface area contributed by atoms with Crippen LogP contribution in [0.3, 0.4) is 0 Å². The molecule has 0 aliphatic carbocycles. The molecule has 32 heavy (non-hydrogen) atoms. The number of aryl methyl sites for hydroxylation is 1. The monoisotopic (exact) mass is 454 g/mol. The molecule has 8 heteroatoms. The first-order chi connectivity index (χ1) is 15.3. The van der Waals surface area contributed by atoms with Crippen molar-refractivity contribution in [3.63, 3.8) is 0 Å². The first kappa shape index (κ1) is 23.3. The molecule has 1 amide bonds. The lowest BCUT2D eigenvalue weighted by molar-refractivity contribution is -0.117. The van der Waals surface area contributed by atoms with Crippen molar-refractivity contribution in [1.29, 1.82) is 0 Å². The molecule has 0 saturated heterocycles. The van der Waals surface area contributed by atoms with Gasteiger partial charge in [0.15, 0.2) is 0 Å². The number of rotatable bonds is 9. The quantitative estimate of drug-likeness (QED) is 0.516. The van der Waals surface area contributed by atoms with Crippen LogP contribution in [0.2, 0.25) is 0 Å². The van der Waals surface area contributed by atoms with E-state index in [-0.39, 0.29) is 17.1 Å². The summed E-state index contributed by atoms with van der Waals surface area (Å²) in [5, 5.41) is 2.77. The number of carbonyl (C=O) groups excluding carboxylic acids is 1. The Labute approximate surface area is 188 Å². The number of benzene rings is 3. The van der Waals surface area contributed by atoms with Gasteiger partial charge in [-0.1, -0.05) is 36.4 Å². The van der Waals surface area contributed by atoms with E-state index in [4.69, 9.17) is 9.47 Å². The third-order valence-electron chi connectivity index (χ3n) is 4.86. The van der Waals surface area contributed by atoms with Gasteiger partial charge in [-0.15, -0.1) is 0 Å². The minimum atomic E-state index is -4.05. The molecule has 0 aromatic heterocycles. The maximum Gasteiger partial charge on any atom is 0.245 e. The largest absolute Gasteiger partial charge is 0.497 e. The summed E-state index contributed by atoms with van der Waals surface area (Å²) >= 11 is 0. The van der Waals surface area contributed by atoms with Gasteiger partial charge in [-0.25, -0.2) is 8.42 Å². The highest BCUT2D eigenvalue weighted by Gasteiger charge is 2.28. The molecule has 3 aromatic carbocycles. The second-order valence-corrected chi connectivity index (χ2v) is 8.92. The van der Waals surface area contributed by atoms with E-state index in [9.17, 15) is 13.2 Å². The Balaban J connectivity index is 1.89. The van der Waals surface area contributed by atoms with Gasteiger partial charge in [0.05, 0.1) is 14.2 Å². The van der Waals surface area contributed by atoms with Crippen LogP contribution in [-0.2, 0) is 21.2 Å². The maximum atomic E-state index is 13.2. The summed E-state index contributed by atoms with van der Waals surface area (Å²) in [5.41, 5.74) is 2.11. The average Bonchev–Trinajstić information content (AvgIpc) is 2.79. The van der Waals surface area contributed by atoms with Crippen LogP contribution in [0.4, 0.5) is 5.69 Å². The standard InChI is InChI=1S/C24H26N2O5S/c1-17-9-14-22(31-3)23(15-17)32(28,29)26-21(16-18-7-5-4-6-8-18)24(27)25-19-10-12-20(30-2)13-11-19/h4-15,21,26H,16H2,1-3H3,(H,25,27)/t21-/m0/s1. The molecule has 0 unspecified atom stereocenters. The molecule has 1 atom stereocenters. The van der Waals surface area contributed by atoms with Crippen molar-refractivity contribution in [2.24, 2.45) is 0 Å². The van der Waals surface area contributed by atoms with Gasteiger partial charge < -0.3 is 14.8 Å². The van der Waals surface area contributed by atoms with Crippen LogP contribution in [0.25, 0.3) is 0 Å². The van der Waals surface area contributed by atoms with Crippen molar-refractivity contribution >= 4 is 21.6 Å². The maximum absolute atomic E-state index is 13.2. The first-order valence-electron chi connectivity index (χ1n) is 9.98. The fourth-order valence-electron chi connectivity index (χ4n) is 3.19. The molecular weight excluding hydrogens is 428 g/mol. The van der Waals surface area contributed by atoms with Crippen LogP contribution in [0.5, 0.6) is 11.5 Å². The number of ether oxygens (including phenoxy) is 2. The van der Waals surface area contributed by atoms with Crippen LogP contribution < -0.4 is 19.5 Å². The Morgan fingerprint density at radius 3 is 2.25 bits per heavy atom. The molecule has 0 bridgehead atoms. The number of hydrogen-bond donors (Lipinski definition) is 2. The number of nitrogens with one attached hydrogen (secondary N) is 2. The molecule has 0 radical (unpaired) electrons. The minimum Gasteiger partial charge on any atom is -0.497 e. The van der Waals surface area contributed by atoms with E-state index in [1.54, 1.807) is 50.4 Å². The normalized spacial score (nSPS) is 12.1. The second kappa shape index (κ2) is 10.3. The number of carbonyl (C=O) groups is 1. The Kier molecular flexibility index (Phi) is 7.50. The molecular formula is C24H26N2O5S. The fraction of sp³-hybridized carbons (Fsp3) is 0.208. The van der Waals surface area contributed by atoms with Crippen LogP contribution in [0.1, 0.15) is 11.1 Å². The van der Waals surface area contributed by atoms with Crippen LogP contribution in [0, 0.1) is 6.92 Å². The summed E-state index contributed by atoms with van der Waals surface area (Å²) in [6.07, 6.45) is 0.177. The van der Waals surface area contributed by atoms with Gasteiger partial charge in [-0.3, -0.25) is 4.79 Å². The van der Waals surface area contributed by atoms with Crippen molar-refractivity contribution in [3.8, 4) is 11.5 Å². The van der Waals surface area contributed by atoms with E-state index in [1.807, 2.05) is 30.3 Å². The molecule has 0 heterocycles. The van der Waals surface area contributed by atoms with Crippen molar-refractivity contribution < 1.29 is 22.7 Å². The van der Waals surface area contributed by atoms with Crippen molar-refractivity contribution in [3.05, 3.63) is 83.9 Å². The lowest BCUT2D eigenvalue weighted by atomic mass is 10.1. The average molecular weight is 455 g/mol. The molecule has 0 fully saturated rings. The van der Waals surface area contributed by atoms with Crippen molar-refractivity contribution in [2.45, 2.75) is 24.3 Å². The zero-order chi connectivity index (χ0) is 23.1. The Morgan fingerprint density at radius 2 is 1.62 bits per heavy atom. The summed E-state index contributed by atoms with van der Waals surface area (Å²) in [4.78, 5) is 13.1. The number of anilines is 1. The molecule has 0 aliphatic rings. The third kappa shape index (κ3) is 5.87. The fourth-order valence-corrected chi connectivity index (χ4v) is 4.64. The van der Waals surface area contributed by atoms with Crippen LogP contribution in [0.15, 0.2) is 77.7 Å². The Hall–Kier alpha value is -3.36. The summed E-state index contributed by atoms with van der Waals surface area (Å²) in [6.45, 7) is 1.79. The zero-order valence-corrected chi connectivity index (χ0v) is 19.0. The lowest BCUT2D eigenvalue weighted by Crippen LogP contribution is -2.45. The molecule has 0 saturated carbocycles. The first-order valence-corrected chi connectivity index (χ1v) is 11.5. The predicted octanol–water partition coefficient (Wildman–Crippen LogP) is 3.54. The molecule has 3 rings (SSSR count). The number of hydrogen-bond acceptors (Lipinski definition) is 5. The van der Waals surface area contributed by atoms with Gasteiger partial charge in [0.25, 0.3) is 0 Å². The smallest absolute Gasteiger partial charge is 0.245 e. The molecule has 7 nitrogen and oxygen atoms in total. The van der Waals surface area contributed by atoms with Crippen molar-refractivity contribution in [1.82, 2.24) is 4.72 Å². The van der Waals surface area contributed by atoms with Crippen LogP contribution in [-0.4, -0.2) is 34.6 Å². The topological polar surface area (TPSA) is 93.7 Å². The van der Waals surface area contributed by atoms with E-state index in [1.165, 1.54) is 13.2 Å². The van der Waals surface area contributed by atoms with Gasteiger partial charge in [-0.05, 0) is 60.9 Å².